The number of benzene rings is 1. The lowest BCUT2D eigenvalue weighted by Crippen LogP contribution is -2.33. The Morgan fingerprint density at radius 2 is 1.95 bits per heavy atom. The molecule has 1 fully saturated rings. The Morgan fingerprint density at radius 1 is 1.14 bits per heavy atom. The molecule has 2 heterocycles. The largest absolute Gasteiger partial charge is 0.424 e. The van der Waals surface area contributed by atoms with Gasteiger partial charge in [0.1, 0.15) is 5.75 Å². The molecule has 1 saturated heterocycles. The minimum Gasteiger partial charge on any atom is -0.424 e. The van der Waals surface area contributed by atoms with E-state index < -0.39 is 0 Å². The lowest BCUT2D eigenvalue weighted by molar-refractivity contribution is 0.356. The quantitative estimate of drug-likeness (QED) is 0.857. The van der Waals surface area contributed by atoms with Crippen LogP contribution in [0.1, 0.15) is 18.4 Å². The molecule has 0 amide bonds. The molecule has 2 aromatic rings. The van der Waals surface area contributed by atoms with Gasteiger partial charge in [-0.2, -0.15) is 0 Å². The molecular weight excluding hydrogens is 276 g/mol. The predicted octanol–water partition coefficient (Wildman–Crippen LogP) is 2.36. The number of aromatic nitrogens is 2. The van der Waals surface area contributed by atoms with Crippen LogP contribution in [0.5, 0.6) is 11.8 Å². The highest BCUT2D eigenvalue weighted by molar-refractivity contribution is 5.30. The first-order valence-corrected chi connectivity index (χ1v) is 7.85. The third-order valence-corrected chi connectivity index (χ3v) is 3.87. The Morgan fingerprint density at radius 3 is 2.77 bits per heavy atom. The maximum Gasteiger partial charge on any atom is 0.321 e. The van der Waals surface area contributed by atoms with Gasteiger partial charge in [0.25, 0.3) is 0 Å². The highest BCUT2D eigenvalue weighted by Gasteiger charge is 2.12. The van der Waals surface area contributed by atoms with Crippen LogP contribution in [0.15, 0.2) is 42.7 Å². The normalized spacial score (nSPS) is 15.6. The van der Waals surface area contributed by atoms with Crippen molar-refractivity contribution >= 4 is 0 Å². The number of piperidine rings is 1. The summed E-state index contributed by atoms with van der Waals surface area (Å²) in [6, 6.07) is 10.2. The number of rotatable bonds is 6. The molecule has 0 spiro atoms. The molecule has 22 heavy (non-hydrogen) atoms. The van der Waals surface area contributed by atoms with E-state index in [1.54, 1.807) is 18.5 Å². The van der Waals surface area contributed by atoms with E-state index in [2.05, 4.69) is 26.7 Å². The second kappa shape index (κ2) is 7.87. The monoisotopic (exact) mass is 298 g/mol. The molecule has 3 rings (SSSR count). The SMILES string of the molecule is c1cnc(Oc2cccc(CNCC3CCNCC3)c2)nc1. The lowest BCUT2D eigenvalue weighted by atomic mass is 9.98. The third kappa shape index (κ3) is 4.51. The summed E-state index contributed by atoms with van der Waals surface area (Å²) in [5.41, 5.74) is 1.21. The van der Waals surface area contributed by atoms with Gasteiger partial charge in [-0.3, -0.25) is 0 Å². The summed E-state index contributed by atoms with van der Waals surface area (Å²) in [6.45, 7) is 4.23. The zero-order valence-electron chi connectivity index (χ0n) is 12.7. The standard InChI is InChI=1S/C17H22N4O/c1-3-15(13-19-12-14-5-9-18-10-6-14)11-16(4-1)22-17-20-7-2-8-21-17/h1-4,7-8,11,14,18-19H,5-6,9-10,12-13H2. The van der Waals surface area contributed by atoms with Crippen LogP contribution in [-0.4, -0.2) is 29.6 Å². The van der Waals surface area contributed by atoms with Gasteiger partial charge in [-0.25, -0.2) is 9.97 Å². The van der Waals surface area contributed by atoms with Crippen molar-refractivity contribution in [3.63, 3.8) is 0 Å². The van der Waals surface area contributed by atoms with E-state index >= 15 is 0 Å². The molecule has 0 aliphatic carbocycles. The molecule has 1 aromatic heterocycles. The van der Waals surface area contributed by atoms with Crippen LogP contribution in [-0.2, 0) is 6.54 Å². The zero-order valence-corrected chi connectivity index (χ0v) is 12.7. The average Bonchev–Trinajstić information content (AvgIpc) is 2.57. The fraction of sp³-hybridized carbons (Fsp3) is 0.412. The van der Waals surface area contributed by atoms with Crippen molar-refractivity contribution in [1.29, 1.82) is 0 Å². The molecule has 5 heteroatoms. The van der Waals surface area contributed by atoms with E-state index in [0.29, 0.717) is 6.01 Å². The first-order chi connectivity index (χ1) is 10.9. The van der Waals surface area contributed by atoms with Gasteiger partial charge in [-0.05, 0) is 62.2 Å². The van der Waals surface area contributed by atoms with Gasteiger partial charge in [0.15, 0.2) is 0 Å². The van der Waals surface area contributed by atoms with Crippen molar-refractivity contribution < 1.29 is 4.74 Å². The van der Waals surface area contributed by atoms with Crippen LogP contribution in [0.2, 0.25) is 0 Å². The first kappa shape index (κ1) is 14.9. The molecule has 0 bridgehead atoms. The van der Waals surface area contributed by atoms with Crippen LogP contribution < -0.4 is 15.4 Å². The van der Waals surface area contributed by atoms with Crippen LogP contribution >= 0.6 is 0 Å². The summed E-state index contributed by atoms with van der Waals surface area (Å²) >= 11 is 0. The minimum atomic E-state index is 0.377. The van der Waals surface area contributed by atoms with Crippen LogP contribution in [0.3, 0.4) is 0 Å². The molecule has 0 saturated carbocycles. The summed E-state index contributed by atoms with van der Waals surface area (Å²) < 4.78 is 5.66. The van der Waals surface area contributed by atoms with Crippen molar-refractivity contribution in [1.82, 2.24) is 20.6 Å². The summed E-state index contributed by atoms with van der Waals surface area (Å²) in [6.07, 6.45) is 5.88. The fourth-order valence-corrected chi connectivity index (χ4v) is 2.67. The summed E-state index contributed by atoms with van der Waals surface area (Å²) in [4.78, 5) is 8.14. The molecule has 116 valence electrons. The van der Waals surface area contributed by atoms with Gasteiger partial charge in [0, 0.05) is 18.9 Å². The highest BCUT2D eigenvalue weighted by Crippen LogP contribution is 2.18. The molecule has 1 aromatic carbocycles. The predicted molar refractivity (Wildman–Crippen MR) is 85.8 cm³/mol. The number of hydrogen-bond acceptors (Lipinski definition) is 5. The average molecular weight is 298 g/mol. The van der Waals surface area contributed by atoms with E-state index in [4.69, 9.17) is 4.74 Å². The van der Waals surface area contributed by atoms with Gasteiger partial charge in [-0.1, -0.05) is 12.1 Å². The zero-order chi connectivity index (χ0) is 15.0. The Bertz CT molecular complexity index is 570. The van der Waals surface area contributed by atoms with E-state index in [9.17, 15) is 0 Å². The number of hydrogen-bond donors (Lipinski definition) is 2. The Balaban J connectivity index is 1.50. The summed E-state index contributed by atoms with van der Waals surface area (Å²) in [5.74, 6) is 1.56. The van der Waals surface area contributed by atoms with Crippen molar-refractivity contribution in [3.05, 3.63) is 48.3 Å². The number of nitrogens with zero attached hydrogens (tertiary/aromatic N) is 2. The van der Waals surface area contributed by atoms with Gasteiger partial charge in [0.05, 0.1) is 0 Å². The maximum atomic E-state index is 5.66. The van der Waals surface area contributed by atoms with E-state index in [1.807, 2.05) is 18.2 Å². The van der Waals surface area contributed by atoms with Crippen molar-refractivity contribution in [2.24, 2.45) is 5.92 Å². The topological polar surface area (TPSA) is 59.1 Å². The van der Waals surface area contributed by atoms with E-state index in [-0.39, 0.29) is 0 Å². The Kier molecular flexibility index (Phi) is 5.34. The summed E-state index contributed by atoms with van der Waals surface area (Å²) in [7, 11) is 0. The second-order valence-electron chi connectivity index (χ2n) is 5.61. The Hall–Kier alpha value is -1.98. The van der Waals surface area contributed by atoms with Gasteiger partial charge >= 0.3 is 6.01 Å². The number of nitrogens with one attached hydrogen (secondary N) is 2. The Labute approximate surface area is 131 Å². The van der Waals surface area contributed by atoms with E-state index in [0.717, 1.165) is 37.8 Å². The third-order valence-electron chi connectivity index (χ3n) is 3.87. The van der Waals surface area contributed by atoms with Crippen LogP contribution in [0.4, 0.5) is 0 Å². The molecule has 0 atom stereocenters. The van der Waals surface area contributed by atoms with Gasteiger partial charge in [0.2, 0.25) is 0 Å². The second-order valence-corrected chi connectivity index (χ2v) is 5.61. The molecule has 0 unspecified atom stereocenters. The van der Waals surface area contributed by atoms with Gasteiger partial charge < -0.3 is 15.4 Å². The fourth-order valence-electron chi connectivity index (χ4n) is 2.67. The highest BCUT2D eigenvalue weighted by atomic mass is 16.5. The van der Waals surface area contributed by atoms with Crippen molar-refractivity contribution in [3.8, 4) is 11.8 Å². The molecule has 5 nitrogen and oxygen atoms in total. The maximum absolute atomic E-state index is 5.66. The molecule has 1 aliphatic heterocycles. The first-order valence-electron chi connectivity index (χ1n) is 7.85. The summed E-state index contributed by atoms with van der Waals surface area (Å²) in [5, 5.41) is 6.95. The van der Waals surface area contributed by atoms with Crippen LogP contribution in [0.25, 0.3) is 0 Å². The molecular formula is C17H22N4O. The minimum absolute atomic E-state index is 0.377. The lowest BCUT2D eigenvalue weighted by Gasteiger charge is -2.22. The van der Waals surface area contributed by atoms with E-state index in [1.165, 1.54) is 18.4 Å². The number of ether oxygens (including phenoxy) is 1. The molecule has 0 radical (unpaired) electrons. The smallest absolute Gasteiger partial charge is 0.321 e. The molecule has 2 N–H and O–H groups in total. The molecule has 1 aliphatic rings. The van der Waals surface area contributed by atoms with Crippen molar-refractivity contribution in [2.75, 3.05) is 19.6 Å². The van der Waals surface area contributed by atoms with Crippen molar-refractivity contribution in [2.45, 2.75) is 19.4 Å². The van der Waals surface area contributed by atoms with Crippen LogP contribution in [0, 0.1) is 5.92 Å². The van der Waals surface area contributed by atoms with Gasteiger partial charge in [-0.15, -0.1) is 0 Å².